The number of hydrogen-bond donors (Lipinski definition) is 2. The van der Waals surface area contributed by atoms with Crippen LogP contribution in [-0.2, 0) is 9.53 Å². The molecule has 2 atom stereocenters. The van der Waals surface area contributed by atoms with Crippen molar-refractivity contribution in [1.29, 1.82) is 0 Å². The number of ether oxygens (including phenoxy) is 2. The van der Waals surface area contributed by atoms with E-state index in [1.165, 1.54) is 7.11 Å². The van der Waals surface area contributed by atoms with E-state index in [2.05, 4.69) is 20.5 Å². The van der Waals surface area contributed by atoms with E-state index in [4.69, 9.17) is 21.1 Å². The highest BCUT2D eigenvalue weighted by Gasteiger charge is 2.26. The third-order valence-corrected chi connectivity index (χ3v) is 4.65. The number of hydrogen-bond acceptors (Lipinski definition) is 5. The minimum atomic E-state index is -0.243. The summed E-state index contributed by atoms with van der Waals surface area (Å²) >= 11 is 6.14. The lowest BCUT2D eigenvalue weighted by Crippen LogP contribution is -2.46. The summed E-state index contributed by atoms with van der Waals surface area (Å²) in [4.78, 5) is 18.0. The minimum absolute atomic E-state index is 0. The molecule has 0 bridgehead atoms. The van der Waals surface area contributed by atoms with Crippen molar-refractivity contribution in [2.45, 2.75) is 19.4 Å². The molecule has 1 saturated heterocycles. The molecule has 152 valence electrons. The summed E-state index contributed by atoms with van der Waals surface area (Å²) in [5.41, 5.74) is 0.992. The second kappa shape index (κ2) is 11.4. The van der Waals surface area contributed by atoms with Gasteiger partial charge in [-0.25, -0.2) is 0 Å². The fraction of sp³-hybridized carbons (Fsp3) is 0.556. The average Bonchev–Trinajstić information content (AvgIpc) is 3.12. The van der Waals surface area contributed by atoms with E-state index in [1.54, 1.807) is 14.2 Å². The Morgan fingerprint density at radius 3 is 2.81 bits per heavy atom. The van der Waals surface area contributed by atoms with Gasteiger partial charge in [0.25, 0.3) is 0 Å². The van der Waals surface area contributed by atoms with Crippen LogP contribution in [0.15, 0.2) is 23.2 Å². The smallest absolute Gasteiger partial charge is 0.310 e. The molecule has 7 nitrogen and oxygen atoms in total. The average molecular weight is 511 g/mol. The molecule has 0 saturated carbocycles. The van der Waals surface area contributed by atoms with Crippen LogP contribution in [0.2, 0.25) is 5.02 Å². The highest BCUT2D eigenvalue weighted by molar-refractivity contribution is 14.0. The summed E-state index contributed by atoms with van der Waals surface area (Å²) in [5, 5.41) is 7.26. The second-order valence-corrected chi connectivity index (χ2v) is 6.71. The number of nitrogens with one attached hydrogen (secondary N) is 2. The number of anilines is 1. The van der Waals surface area contributed by atoms with Crippen LogP contribution in [-0.4, -0.2) is 58.9 Å². The molecule has 2 N–H and O–H groups in total. The topological polar surface area (TPSA) is 75.2 Å². The first-order valence-corrected chi connectivity index (χ1v) is 8.99. The number of methoxy groups -OCH3 is 2. The largest absolute Gasteiger partial charge is 0.495 e. The molecule has 0 aromatic heterocycles. The molecule has 2 rings (SSSR count). The standard InChI is InChI=1S/C18H27ClN4O3.HI/c1-12(17(24)26-4)10-21-18(20-2)22-14-7-8-23(11-14)15-9-13(19)5-6-16(15)25-3;/h5-6,9,12,14H,7-8,10-11H2,1-4H3,(H2,20,21,22);1H. The maximum atomic E-state index is 11.5. The quantitative estimate of drug-likeness (QED) is 0.265. The Balaban J connectivity index is 0.00000364. The molecule has 1 aromatic rings. The van der Waals surface area contributed by atoms with E-state index in [9.17, 15) is 4.79 Å². The first-order valence-electron chi connectivity index (χ1n) is 8.62. The van der Waals surface area contributed by atoms with Crippen LogP contribution in [0.3, 0.4) is 0 Å². The molecule has 0 amide bonds. The lowest BCUT2D eigenvalue weighted by atomic mass is 10.2. The van der Waals surface area contributed by atoms with Gasteiger partial charge in [-0.3, -0.25) is 9.79 Å². The number of halogens is 2. The first kappa shape index (κ1) is 23.6. The molecule has 27 heavy (non-hydrogen) atoms. The molecular weight excluding hydrogens is 483 g/mol. The van der Waals surface area contributed by atoms with E-state index in [0.717, 1.165) is 30.9 Å². The van der Waals surface area contributed by atoms with Crippen LogP contribution in [0.4, 0.5) is 5.69 Å². The highest BCUT2D eigenvalue weighted by Crippen LogP contribution is 2.33. The molecule has 1 fully saturated rings. The Labute approximate surface area is 182 Å². The van der Waals surface area contributed by atoms with Gasteiger partial charge in [-0.2, -0.15) is 0 Å². The van der Waals surface area contributed by atoms with Crippen LogP contribution in [0.25, 0.3) is 0 Å². The maximum absolute atomic E-state index is 11.5. The van der Waals surface area contributed by atoms with Gasteiger partial charge in [0.05, 0.1) is 25.8 Å². The summed E-state index contributed by atoms with van der Waals surface area (Å²) in [6.45, 7) is 3.98. The summed E-state index contributed by atoms with van der Waals surface area (Å²) in [6.07, 6.45) is 0.961. The second-order valence-electron chi connectivity index (χ2n) is 6.27. The zero-order chi connectivity index (χ0) is 19.1. The predicted octanol–water partition coefficient (Wildman–Crippen LogP) is 2.52. The van der Waals surface area contributed by atoms with Crippen LogP contribution in [0.5, 0.6) is 5.75 Å². The van der Waals surface area contributed by atoms with Gasteiger partial charge in [-0.15, -0.1) is 24.0 Å². The SMILES string of the molecule is CN=C(NCC(C)C(=O)OC)NC1CCN(c2cc(Cl)ccc2OC)C1.I. The summed E-state index contributed by atoms with van der Waals surface area (Å²) in [6, 6.07) is 5.86. The van der Waals surface area contributed by atoms with Gasteiger partial charge < -0.3 is 25.0 Å². The van der Waals surface area contributed by atoms with Crippen molar-refractivity contribution in [2.24, 2.45) is 10.9 Å². The van der Waals surface area contributed by atoms with Crippen molar-refractivity contribution in [3.05, 3.63) is 23.2 Å². The van der Waals surface area contributed by atoms with Crippen molar-refractivity contribution in [3.8, 4) is 5.75 Å². The summed E-state index contributed by atoms with van der Waals surface area (Å²) < 4.78 is 10.2. The van der Waals surface area contributed by atoms with Crippen LogP contribution >= 0.6 is 35.6 Å². The van der Waals surface area contributed by atoms with Gasteiger partial charge in [0.15, 0.2) is 5.96 Å². The zero-order valence-corrected chi connectivity index (χ0v) is 19.2. The Kier molecular flexibility index (Phi) is 10.00. The van der Waals surface area contributed by atoms with Crippen molar-refractivity contribution in [2.75, 3.05) is 45.8 Å². The van der Waals surface area contributed by atoms with E-state index in [-0.39, 0.29) is 41.9 Å². The van der Waals surface area contributed by atoms with Crippen LogP contribution in [0, 0.1) is 5.92 Å². The van der Waals surface area contributed by atoms with Gasteiger partial charge in [0.2, 0.25) is 0 Å². The van der Waals surface area contributed by atoms with Gasteiger partial charge in [0, 0.05) is 37.7 Å². The fourth-order valence-corrected chi connectivity index (χ4v) is 3.10. The number of guanidine groups is 1. The molecule has 1 aliphatic rings. The molecule has 0 aliphatic carbocycles. The highest BCUT2D eigenvalue weighted by atomic mass is 127. The molecule has 1 heterocycles. The number of carbonyl (C=O) groups is 1. The van der Waals surface area contributed by atoms with E-state index < -0.39 is 0 Å². The van der Waals surface area contributed by atoms with Crippen molar-refractivity contribution in [3.63, 3.8) is 0 Å². The molecular formula is C18H28ClIN4O3. The fourth-order valence-electron chi connectivity index (χ4n) is 2.93. The number of benzene rings is 1. The predicted molar refractivity (Wildman–Crippen MR) is 120 cm³/mol. The molecule has 1 aliphatic heterocycles. The first-order chi connectivity index (χ1) is 12.5. The number of aliphatic imine (C=N–C) groups is 1. The van der Waals surface area contributed by atoms with Gasteiger partial charge in [-0.05, 0) is 24.6 Å². The number of carbonyl (C=O) groups excluding carboxylic acids is 1. The Morgan fingerprint density at radius 1 is 1.44 bits per heavy atom. The molecule has 0 radical (unpaired) electrons. The zero-order valence-electron chi connectivity index (χ0n) is 16.1. The molecule has 2 unspecified atom stereocenters. The normalized spacial score (nSPS) is 17.7. The molecule has 9 heteroatoms. The van der Waals surface area contributed by atoms with E-state index in [0.29, 0.717) is 17.5 Å². The Bertz CT molecular complexity index is 659. The lowest BCUT2D eigenvalue weighted by molar-refractivity contribution is -0.144. The van der Waals surface area contributed by atoms with Gasteiger partial charge in [0.1, 0.15) is 5.75 Å². The molecule has 1 aromatic carbocycles. The lowest BCUT2D eigenvalue weighted by Gasteiger charge is -2.22. The third kappa shape index (κ3) is 6.60. The minimum Gasteiger partial charge on any atom is -0.495 e. The summed E-state index contributed by atoms with van der Waals surface area (Å²) in [7, 11) is 4.76. The maximum Gasteiger partial charge on any atom is 0.310 e. The number of esters is 1. The van der Waals surface area contributed by atoms with Crippen molar-refractivity contribution in [1.82, 2.24) is 10.6 Å². The third-order valence-electron chi connectivity index (χ3n) is 4.41. The van der Waals surface area contributed by atoms with Gasteiger partial charge in [-0.1, -0.05) is 18.5 Å². The number of nitrogens with zero attached hydrogens (tertiary/aromatic N) is 2. The van der Waals surface area contributed by atoms with E-state index >= 15 is 0 Å². The van der Waals surface area contributed by atoms with E-state index in [1.807, 2.05) is 25.1 Å². The summed E-state index contributed by atoms with van der Waals surface area (Å²) in [5.74, 6) is 0.998. The van der Waals surface area contributed by atoms with Crippen LogP contribution < -0.4 is 20.3 Å². The van der Waals surface area contributed by atoms with Crippen molar-refractivity contribution >= 4 is 53.2 Å². The molecule has 0 spiro atoms. The monoisotopic (exact) mass is 510 g/mol. The Morgan fingerprint density at radius 2 is 2.19 bits per heavy atom. The van der Waals surface area contributed by atoms with Gasteiger partial charge >= 0.3 is 5.97 Å². The number of rotatable bonds is 6. The van der Waals surface area contributed by atoms with Crippen LogP contribution in [0.1, 0.15) is 13.3 Å². The Hall–Kier alpha value is -1.42. The van der Waals surface area contributed by atoms with Crippen molar-refractivity contribution < 1.29 is 14.3 Å².